The van der Waals surface area contributed by atoms with E-state index in [4.69, 9.17) is 23.2 Å². The van der Waals surface area contributed by atoms with Crippen molar-refractivity contribution in [3.63, 3.8) is 0 Å². The second kappa shape index (κ2) is 12.2. The van der Waals surface area contributed by atoms with Crippen LogP contribution in [-0.4, -0.2) is 50.0 Å². The van der Waals surface area contributed by atoms with E-state index >= 15 is 0 Å². The quantitative estimate of drug-likeness (QED) is 0.427. The van der Waals surface area contributed by atoms with Gasteiger partial charge in [0.15, 0.2) is 0 Å². The molecule has 0 aliphatic carbocycles. The number of para-hydroxylation sites is 1. The van der Waals surface area contributed by atoms with Crippen molar-refractivity contribution < 1.29 is 18.0 Å². The second-order valence-corrected chi connectivity index (χ2v) is 11.5. The van der Waals surface area contributed by atoms with E-state index in [2.05, 4.69) is 21.2 Å². The molecule has 0 unspecified atom stereocenters. The SMILES string of the molecule is CC[C@H](C)NC(=O)[C@@H](C)N(Cc1c(Cl)cccc1Cl)C(=O)CN(c1ccccc1Br)S(C)(=O)=O. The van der Waals surface area contributed by atoms with Crippen LogP contribution in [0.3, 0.4) is 0 Å². The van der Waals surface area contributed by atoms with E-state index in [0.717, 1.165) is 10.6 Å². The molecule has 186 valence electrons. The molecule has 0 aliphatic heterocycles. The molecule has 0 aromatic heterocycles. The van der Waals surface area contributed by atoms with Crippen LogP contribution in [-0.2, 0) is 26.2 Å². The van der Waals surface area contributed by atoms with Crippen molar-refractivity contribution in [2.45, 2.75) is 45.8 Å². The van der Waals surface area contributed by atoms with Crippen LogP contribution >= 0.6 is 39.1 Å². The van der Waals surface area contributed by atoms with Gasteiger partial charge in [0.2, 0.25) is 21.8 Å². The van der Waals surface area contributed by atoms with E-state index in [0.29, 0.717) is 32.2 Å². The van der Waals surface area contributed by atoms with Crippen LogP contribution in [0.4, 0.5) is 5.69 Å². The third-order valence-electron chi connectivity index (χ3n) is 5.36. The fraction of sp³-hybridized carbons (Fsp3) is 0.391. The zero-order valence-electron chi connectivity index (χ0n) is 19.4. The first kappa shape index (κ1) is 28.4. The predicted molar refractivity (Wildman–Crippen MR) is 141 cm³/mol. The van der Waals surface area contributed by atoms with Crippen LogP contribution in [0.5, 0.6) is 0 Å². The van der Waals surface area contributed by atoms with E-state index in [9.17, 15) is 18.0 Å². The Balaban J connectivity index is 2.46. The Morgan fingerprint density at radius 2 is 1.65 bits per heavy atom. The largest absolute Gasteiger partial charge is 0.352 e. The molecule has 2 aromatic carbocycles. The number of benzene rings is 2. The number of sulfonamides is 1. The molecule has 0 fully saturated rings. The Hall–Kier alpha value is -1.81. The predicted octanol–water partition coefficient (Wildman–Crippen LogP) is 4.85. The highest BCUT2D eigenvalue weighted by atomic mass is 79.9. The van der Waals surface area contributed by atoms with Gasteiger partial charge in [-0.3, -0.25) is 13.9 Å². The van der Waals surface area contributed by atoms with Gasteiger partial charge in [-0.2, -0.15) is 0 Å². The first-order chi connectivity index (χ1) is 15.9. The maximum Gasteiger partial charge on any atom is 0.244 e. The van der Waals surface area contributed by atoms with Gasteiger partial charge in [-0.05, 0) is 60.5 Å². The fourth-order valence-corrected chi connectivity index (χ4v) is 5.15. The molecule has 34 heavy (non-hydrogen) atoms. The molecule has 7 nitrogen and oxygen atoms in total. The number of carbonyl (C=O) groups excluding carboxylic acids is 2. The van der Waals surface area contributed by atoms with Gasteiger partial charge in [-0.25, -0.2) is 8.42 Å². The van der Waals surface area contributed by atoms with E-state index in [-0.39, 0.29) is 18.5 Å². The average Bonchev–Trinajstić information content (AvgIpc) is 2.76. The first-order valence-electron chi connectivity index (χ1n) is 10.6. The van der Waals surface area contributed by atoms with Crippen LogP contribution in [0, 0.1) is 0 Å². The van der Waals surface area contributed by atoms with E-state index in [1.165, 1.54) is 4.90 Å². The summed E-state index contributed by atoms with van der Waals surface area (Å²) in [6.07, 6.45) is 1.74. The Bertz CT molecular complexity index is 1130. The number of hydrogen-bond acceptors (Lipinski definition) is 4. The van der Waals surface area contributed by atoms with Crippen molar-refractivity contribution in [1.82, 2.24) is 10.2 Å². The smallest absolute Gasteiger partial charge is 0.244 e. The lowest BCUT2D eigenvalue weighted by atomic mass is 10.1. The topological polar surface area (TPSA) is 86.8 Å². The van der Waals surface area contributed by atoms with E-state index in [1.807, 2.05) is 13.8 Å². The van der Waals surface area contributed by atoms with Crippen molar-refractivity contribution in [2.24, 2.45) is 0 Å². The summed E-state index contributed by atoms with van der Waals surface area (Å²) < 4.78 is 26.7. The van der Waals surface area contributed by atoms with Crippen LogP contribution in [0.25, 0.3) is 0 Å². The maximum absolute atomic E-state index is 13.6. The molecule has 0 saturated carbocycles. The second-order valence-electron chi connectivity index (χ2n) is 7.94. The van der Waals surface area contributed by atoms with Gasteiger partial charge in [0.25, 0.3) is 0 Å². The first-order valence-corrected chi connectivity index (χ1v) is 14.0. The van der Waals surface area contributed by atoms with Gasteiger partial charge in [-0.15, -0.1) is 0 Å². The molecular weight excluding hydrogens is 565 g/mol. The highest BCUT2D eigenvalue weighted by Gasteiger charge is 2.31. The Kier molecular flexibility index (Phi) is 10.2. The molecule has 2 rings (SSSR count). The van der Waals surface area contributed by atoms with Crippen molar-refractivity contribution in [2.75, 3.05) is 17.1 Å². The number of rotatable bonds is 10. The average molecular weight is 593 g/mol. The van der Waals surface area contributed by atoms with Crippen molar-refractivity contribution in [3.05, 3.63) is 62.5 Å². The zero-order chi connectivity index (χ0) is 25.6. The zero-order valence-corrected chi connectivity index (χ0v) is 23.3. The van der Waals surface area contributed by atoms with Gasteiger partial charge >= 0.3 is 0 Å². The molecule has 1 N–H and O–H groups in total. The summed E-state index contributed by atoms with van der Waals surface area (Å²) in [4.78, 5) is 27.8. The minimum Gasteiger partial charge on any atom is -0.352 e. The Morgan fingerprint density at radius 3 is 2.18 bits per heavy atom. The summed E-state index contributed by atoms with van der Waals surface area (Å²) in [5.74, 6) is -0.943. The number of hydrogen-bond donors (Lipinski definition) is 1. The number of amides is 2. The molecule has 11 heteroatoms. The van der Waals surface area contributed by atoms with Crippen LogP contribution in [0.2, 0.25) is 10.0 Å². The summed E-state index contributed by atoms with van der Waals surface area (Å²) in [6.45, 7) is 4.80. The summed E-state index contributed by atoms with van der Waals surface area (Å²) in [5, 5.41) is 3.54. The summed E-state index contributed by atoms with van der Waals surface area (Å²) >= 11 is 16.0. The Morgan fingerprint density at radius 1 is 1.06 bits per heavy atom. The van der Waals surface area contributed by atoms with Gasteiger partial charge in [0, 0.05) is 32.7 Å². The molecule has 2 aromatic rings. The number of nitrogens with zero attached hydrogens (tertiary/aromatic N) is 2. The summed E-state index contributed by atoms with van der Waals surface area (Å²) in [6, 6.07) is 10.6. The minimum atomic E-state index is -3.82. The standard InChI is InChI=1S/C23H28BrCl2N3O4S/c1-5-15(2)27-23(31)16(3)28(13-17-19(25)10-8-11-20(17)26)22(30)14-29(34(4,32)33)21-12-7-6-9-18(21)24/h6-12,15-16H,5,13-14H2,1-4H3,(H,27,31)/t15-,16+/m0/s1. The monoisotopic (exact) mass is 591 g/mol. The lowest BCUT2D eigenvalue weighted by Crippen LogP contribution is -2.52. The van der Waals surface area contributed by atoms with Gasteiger partial charge < -0.3 is 10.2 Å². The van der Waals surface area contributed by atoms with Gasteiger partial charge in [-0.1, -0.05) is 48.3 Å². The number of halogens is 3. The van der Waals surface area contributed by atoms with E-state index in [1.54, 1.807) is 49.4 Å². The van der Waals surface area contributed by atoms with Crippen molar-refractivity contribution in [3.8, 4) is 0 Å². The molecule has 0 spiro atoms. The minimum absolute atomic E-state index is 0.0695. The van der Waals surface area contributed by atoms with Gasteiger partial charge in [0.1, 0.15) is 12.6 Å². The molecule has 0 heterocycles. The maximum atomic E-state index is 13.6. The molecule has 0 radical (unpaired) electrons. The van der Waals surface area contributed by atoms with Crippen LogP contribution < -0.4 is 9.62 Å². The normalized spacial score (nSPS) is 13.1. The molecule has 0 aliphatic rings. The summed E-state index contributed by atoms with van der Waals surface area (Å²) in [7, 11) is -3.82. The molecule has 2 amide bonds. The van der Waals surface area contributed by atoms with Crippen LogP contribution in [0.15, 0.2) is 46.9 Å². The number of carbonyl (C=O) groups is 2. The van der Waals surface area contributed by atoms with Crippen molar-refractivity contribution in [1.29, 1.82) is 0 Å². The molecule has 0 saturated heterocycles. The van der Waals surface area contributed by atoms with Crippen molar-refractivity contribution >= 4 is 66.7 Å². The molecule has 0 bridgehead atoms. The summed E-state index contributed by atoms with van der Waals surface area (Å²) in [5.41, 5.74) is 0.778. The molecule has 2 atom stereocenters. The fourth-order valence-electron chi connectivity index (χ4n) is 3.15. The number of nitrogens with one attached hydrogen (secondary N) is 1. The van der Waals surface area contributed by atoms with Crippen LogP contribution in [0.1, 0.15) is 32.8 Å². The third kappa shape index (κ3) is 7.34. The highest BCUT2D eigenvalue weighted by Crippen LogP contribution is 2.29. The lowest BCUT2D eigenvalue weighted by Gasteiger charge is -2.32. The highest BCUT2D eigenvalue weighted by molar-refractivity contribution is 9.10. The number of anilines is 1. The lowest BCUT2D eigenvalue weighted by molar-refractivity contribution is -0.139. The van der Waals surface area contributed by atoms with E-state index < -0.39 is 28.5 Å². The van der Waals surface area contributed by atoms with Gasteiger partial charge in [0.05, 0.1) is 11.9 Å². The third-order valence-corrected chi connectivity index (χ3v) is 7.86. The Labute approximate surface area is 219 Å². The molecular formula is C23H28BrCl2N3O4S.